The zero-order valence-electron chi connectivity index (χ0n) is 13.4. The Morgan fingerprint density at radius 2 is 1.92 bits per heavy atom. The Balaban J connectivity index is 1.92. The number of primary amides is 1. The number of benzene rings is 2. The second-order valence-electron chi connectivity index (χ2n) is 5.91. The molecule has 3 rings (SSSR count). The number of nitrogen functional groups attached to an aromatic ring is 1. The van der Waals surface area contributed by atoms with Crippen LogP contribution in [0.4, 0.5) is 11.4 Å². The Kier molecular flexibility index (Phi) is 4.12. The highest BCUT2D eigenvalue weighted by atomic mass is 16.5. The quantitative estimate of drug-likeness (QED) is 0.830. The number of hydrogen-bond acceptors (Lipinski definition) is 4. The third kappa shape index (κ3) is 3.17. The first-order valence-corrected chi connectivity index (χ1v) is 7.65. The maximum atomic E-state index is 12.7. The molecule has 2 aromatic carbocycles. The van der Waals surface area contributed by atoms with E-state index in [1.807, 2.05) is 31.2 Å². The molecule has 1 heterocycles. The van der Waals surface area contributed by atoms with Crippen molar-refractivity contribution in [2.45, 2.75) is 19.4 Å². The van der Waals surface area contributed by atoms with E-state index >= 15 is 0 Å². The Morgan fingerprint density at radius 3 is 2.58 bits per heavy atom. The number of amides is 2. The van der Waals surface area contributed by atoms with Gasteiger partial charge in [0.05, 0.1) is 5.69 Å². The van der Waals surface area contributed by atoms with Crippen molar-refractivity contribution in [3.8, 4) is 5.75 Å². The third-order valence-corrected chi connectivity index (χ3v) is 3.94. The number of fused-ring (bicyclic) bond motifs is 1. The lowest BCUT2D eigenvalue weighted by molar-refractivity contribution is -0.128. The molecule has 0 bridgehead atoms. The molecule has 0 radical (unpaired) electrons. The van der Waals surface area contributed by atoms with E-state index in [1.54, 1.807) is 18.2 Å². The summed E-state index contributed by atoms with van der Waals surface area (Å²) in [5.41, 5.74) is 14.2. The molecule has 1 unspecified atom stereocenters. The predicted octanol–water partition coefficient (Wildman–Crippen LogP) is 1.40. The lowest BCUT2D eigenvalue weighted by Crippen LogP contribution is -2.49. The molecule has 2 amide bonds. The van der Waals surface area contributed by atoms with E-state index in [1.165, 1.54) is 4.90 Å². The Bertz CT molecular complexity index is 787. The molecule has 1 atom stereocenters. The maximum absolute atomic E-state index is 12.7. The molecule has 0 saturated heterocycles. The Hall–Kier alpha value is -3.02. The largest absolute Gasteiger partial charge is 0.478 e. The molecule has 124 valence electrons. The van der Waals surface area contributed by atoms with E-state index in [-0.39, 0.29) is 12.5 Å². The van der Waals surface area contributed by atoms with Crippen LogP contribution in [-0.4, -0.2) is 24.5 Å². The highest BCUT2D eigenvalue weighted by Gasteiger charge is 2.35. The maximum Gasteiger partial charge on any atom is 0.268 e. The number of nitrogens with two attached hydrogens (primary N) is 2. The first-order valence-electron chi connectivity index (χ1n) is 7.65. The standard InChI is InChI=1S/C18H19N3O3/c1-11-2-4-12(5-3-11)8-16-18(23)21(10-17(20)22)14-7-6-13(19)9-15(14)24-16/h2-7,9,16H,8,10,19H2,1H3,(H2,20,22). The van der Waals surface area contributed by atoms with E-state index < -0.39 is 12.0 Å². The smallest absolute Gasteiger partial charge is 0.268 e. The molecule has 0 aromatic heterocycles. The highest BCUT2D eigenvalue weighted by molar-refractivity contribution is 6.04. The second-order valence-corrected chi connectivity index (χ2v) is 5.91. The lowest BCUT2D eigenvalue weighted by atomic mass is 10.0. The van der Waals surface area contributed by atoms with Gasteiger partial charge < -0.3 is 16.2 Å². The normalized spacial score (nSPS) is 16.5. The number of rotatable bonds is 4. The molecule has 0 spiro atoms. The molecule has 4 N–H and O–H groups in total. The van der Waals surface area contributed by atoms with Crippen LogP contribution in [0.5, 0.6) is 5.75 Å². The van der Waals surface area contributed by atoms with Crippen molar-refractivity contribution >= 4 is 23.2 Å². The van der Waals surface area contributed by atoms with Crippen molar-refractivity contribution in [3.05, 3.63) is 53.6 Å². The van der Waals surface area contributed by atoms with Crippen LogP contribution in [0.2, 0.25) is 0 Å². The van der Waals surface area contributed by atoms with E-state index in [9.17, 15) is 9.59 Å². The monoisotopic (exact) mass is 325 g/mol. The van der Waals surface area contributed by atoms with E-state index in [0.717, 1.165) is 11.1 Å². The molecule has 6 heteroatoms. The average molecular weight is 325 g/mol. The Morgan fingerprint density at radius 1 is 1.21 bits per heavy atom. The molecule has 0 aliphatic carbocycles. The number of anilines is 2. The van der Waals surface area contributed by atoms with Gasteiger partial charge in [-0.1, -0.05) is 29.8 Å². The summed E-state index contributed by atoms with van der Waals surface area (Å²) in [7, 11) is 0. The van der Waals surface area contributed by atoms with Crippen LogP contribution in [-0.2, 0) is 16.0 Å². The summed E-state index contributed by atoms with van der Waals surface area (Å²) in [4.78, 5) is 25.5. The van der Waals surface area contributed by atoms with Crippen molar-refractivity contribution in [2.75, 3.05) is 17.2 Å². The summed E-state index contributed by atoms with van der Waals surface area (Å²) >= 11 is 0. The van der Waals surface area contributed by atoms with Gasteiger partial charge in [0.25, 0.3) is 5.91 Å². The van der Waals surface area contributed by atoms with E-state index in [4.69, 9.17) is 16.2 Å². The van der Waals surface area contributed by atoms with Gasteiger partial charge in [-0.2, -0.15) is 0 Å². The molecule has 24 heavy (non-hydrogen) atoms. The van der Waals surface area contributed by atoms with Gasteiger partial charge in [0.1, 0.15) is 12.3 Å². The van der Waals surface area contributed by atoms with Gasteiger partial charge in [-0.25, -0.2) is 0 Å². The number of hydrogen-bond donors (Lipinski definition) is 2. The summed E-state index contributed by atoms with van der Waals surface area (Å²) in [6.07, 6.45) is -0.316. The molecular weight excluding hydrogens is 306 g/mol. The minimum Gasteiger partial charge on any atom is -0.478 e. The van der Waals surface area contributed by atoms with Gasteiger partial charge in [0.2, 0.25) is 5.91 Å². The van der Waals surface area contributed by atoms with Crippen LogP contribution in [0.3, 0.4) is 0 Å². The highest BCUT2D eigenvalue weighted by Crippen LogP contribution is 2.36. The predicted molar refractivity (Wildman–Crippen MR) is 91.7 cm³/mol. The van der Waals surface area contributed by atoms with Crippen molar-refractivity contribution in [3.63, 3.8) is 0 Å². The fourth-order valence-electron chi connectivity index (χ4n) is 2.73. The van der Waals surface area contributed by atoms with Crippen molar-refractivity contribution in [2.24, 2.45) is 5.73 Å². The molecule has 0 saturated carbocycles. The molecular formula is C18H19N3O3. The summed E-state index contributed by atoms with van der Waals surface area (Å²) in [6, 6.07) is 12.8. The van der Waals surface area contributed by atoms with Crippen LogP contribution >= 0.6 is 0 Å². The van der Waals surface area contributed by atoms with Crippen LogP contribution in [0.15, 0.2) is 42.5 Å². The number of aryl methyl sites for hydroxylation is 1. The number of carbonyl (C=O) groups is 2. The minimum absolute atomic E-state index is 0.191. The first kappa shape index (κ1) is 15.9. The first-order chi connectivity index (χ1) is 11.4. The van der Waals surface area contributed by atoms with Gasteiger partial charge in [-0.05, 0) is 24.6 Å². The SMILES string of the molecule is Cc1ccc(CC2Oc3cc(N)ccc3N(CC(N)=O)C2=O)cc1. The summed E-state index contributed by atoms with van der Waals surface area (Å²) in [5.74, 6) is -0.387. The van der Waals surface area contributed by atoms with Crippen molar-refractivity contribution < 1.29 is 14.3 Å². The van der Waals surface area contributed by atoms with Crippen molar-refractivity contribution in [1.29, 1.82) is 0 Å². The topological polar surface area (TPSA) is 98.7 Å². The van der Waals surface area contributed by atoms with Crippen LogP contribution in [0.1, 0.15) is 11.1 Å². The zero-order chi connectivity index (χ0) is 17.3. The third-order valence-electron chi connectivity index (χ3n) is 3.94. The second kappa shape index (κ2) is 6.23. The van der Waals surface area contributed by atoms with Crippen LogP contribution in [0.25, 0.3) is 0 Å². The number of ether oxygens (including phenoxy) is 1. The lowest BCUT2D eigenvalue weighted by Gasteiger charge is -2.34. The van der Waals surface area contributed by atoms with Gasteiger partial charge in [0, 0.05) is 18.2 Å². The van der Waals surface area contributed by atoms with E-state index in [2.05, 4.69) is 0 Å². The molecule has 6 nitrogen and oxygen atoms in total. The summed E-state index contributed by atoms with van der Waals surface area (Å²) in [5, 5.41) is 0. The van der Waals surface area contributed by atoms with Gasteiger partial charge >= 0.3 is 0 Å². The Labute approximate surface area is 140 Å². The van der Waals surface area contributed by atoms with E-state index in [0.29, 0.717) is 23.5 Å². The number of nitrogens with zero attached hydrogens (tertiary/aromatic N) is 1. The minimum atomic E-state index is -0.721. The van der Waals surface area contributed by atoms with Gasteiger partial charge in [0.15, 0.2) is 6.10 Å². The molecule has 1 aliphatic rings. The summed E-state index contributed by atoms with van der Waals surface area (Å²) < 4.78 is 5.85. The number of carbonyl (C=O) groups excluding carboxylic acids is 2. The van der Waals surface area contributed by atoms with Gasteiger partial charge in [-0.15, -0.1) is 0 Å². The molecule has 0 fully saturated rings. The fourth-order valence-corrected chi connectivity index (χ4v) is 2.73. The van der Waals surface area contributed by atoms with Crippen molar-refractivity contribution in [1.82, 2.24) is 0 Å². The average Bonchev–Trinajstić information content (AvgIpc) is 2.53. The summed E-state index contributed by atoms with van der Waals surface area (Å²) in [6.45, 7) is 1.81. The van der Waals surface area contributed by atoms with Gasteiger partial charge in [-0.3, -0.25) is 14.5 Å². The van der Waals surface area contributed by atoms with Crippen LogP contribution < -0.4 is 21.1 Å². The molecule has 1 aliphatic heterocycles. The fraction of sp³-hybridized carbons (Fsp3) is 0.222. The van der Waals surface area contributed by atoms with Crippen LogP contribution in [0, 0.1) is 6.92 Å². The zero-order valence-corrected chi connectivity index (χ0v) is 13.4. The molecule has 2 aromatic rings.